The number of halogens is 1. The number of esters is 1. The summed E-state index contributed by atoms with van der Waals surface area (Å²) in [6.45, 7) is 1.32. The van der Waals surface area contributed by atoms with Crippen LogP contribution in [0.2, 0.25) is 5.02 Å². The predicted octanol–water partition coefficient (Wildman–Crippen LogP) is 1.67. The largest absolute Gasteiger partial charge is 0.465 e. The number of hydrogen-bond acceptors (Lipinski definition) is 4. The van der Waals surface area contributed by atoms with Crippen molar-refractivity contribution in [2.24, 2.45) is 0 Å². The maximum atomic E-state index is 11.4. The Balaban J connectivity index is 3.27. The van der Waals surface area contributed by atoms with Gasteiger partial charge in [0.15, 0.2) is 0 Å². The molecule has 0 atom stereocenters. The van der Waals surface area contributed by atoms with E-state index in [0.717, 1.165) is 0 Å². The van der Waals surface area contributed by atoms with Crippen molar-refractivity contribution in [2.75, 3.05) is 18.2 Å². The predicted molar refractivity (Wildman–Crippen MR) is 61.5 cm³/mol. The van der Waals surface area contributed by atoms with Gasteiger partial charge in [0, 0.05) is 6.92 Å². The van der Waals surface area contributed by atoms with E-state index in [1.54, 1.807) is 0 Å². The van der Waals surface area contributed by atoms with Gasteiger partial charge in [-0.05, 0) is 12.1 Å². The number of ether oxygens (including phenoxy) is 1. The van der Waals surface area contributed by atoms with E-state index in [1.807, 2.05) is 0 Å². The summed E-state index contributed by atoms with van der Waals surface area (Å²) >= 11 is 5.79. The lowest BCUT2D eigenvalue weighted by Crippen LogP contribution is -2.12. The van der Waals surface area contributed by atoms with E-state index in [4.69, 9.17) is 17.3 Å². The second-order valence-electron chi connectivity index (χ2n) is 3.09. The van der Waals surface area contributed by atoms with E-state index >= 15 is 0 Å². The second kappa shape index (κ2) is 4.85. The molecule has 6 heteroatoms. The van der Waals surface area contributed by atoms with Gasteiger partial charge in [-0.3, -0.25) is 4.79 Å². The van der Waals surface area contributed by atoms with Gasteiger partial charge in [0.05, 0.1) is 29.1 Å². The summed E-state index contributed by atoms with van der Waals surface area (Å²) < 4.78 is 4.56. The molecule has 0 unspecified atom stereocenters. The summed E-state index contributed by atoms with van der Waals surface area (Å²) in [6, 6.07) is 2.77. The summed E-state index contributed by atoms with van der Waals surface area (Å²) in [4.78, 5) is 22.3. The second-order valence-corrected chi connectivity index (χ2v) is 3.50. The Hall–Kier alpha value is -1.75. The number of methoxy groups -OCH3 is 1. The van der Waals surface area contributed by atoms with Crippen LogP contribution in [0.25, 0.3) is 0 Å². The van der Waals surface area contributed by atoms with E-state index in [-0.39, 0.29) is 27.9 Å². The van der Waals surface area contributed by atoms with Crippen LogP contribution >= 0.6 is 11.6 Å². The van der Waals surface area contributed by atoms with Crippen LogP contribution in [0.3, 0.4) is 0 Å². The molecule has 1 aromatic carbocycles. The third-order valence-electron chi connectivity index (χ3n) is 1.85. The van der Waals surface area contributed by atoms with Crippen molar-refractivity contribution in [1.29, 1.82) is 0 Å². The van der Waals surface area contributed by atoms with Gasteiger partial charge in [-0.1, -0.05) is 11.6 Å². The summed E-state index contributed by atoms with van der Waals surface area (Å²) in [5, 5.41) is 2.74. The molecule has 0 aliphatic heterocycles. The lowest BCUT2D eigenvalue weighted by atomic mass is 10.1. The molecular formula is C10H11ClN2O3. The van der Waals surface area contributed by atoms with Crippen molar-refractivity contribution in [3.05, 3.63) is 22.7 Å². The first-order valence-electron chi connectivity index (χ1n) is 4.40. The molecule has 5 nitrogen and oxygen atoms in total. The highest BCUT2D eigenvalue weighted by molar-refractivity contribution is 6.33. The highest BCUT2D eigenvalue weighted by Gasteiger charge is 2.15. The van der Waals surface area contributed by atoms with E-state index in [1.165, 1.54) is 26.2 Å². The van der Waals surface area contributed by atoms with Gasteiger partial charge in [-0.2, -0.15) is 0 Å². The highest BCUT2D eigenvalue weighted by atomic mass is 35.5. The zero-order valence-corrected chi connectivity index (χ0v) is 9.59. The third kappa shape index (κ3) is 2.64. The Morgan fingerprint density at radius 1 is 1.44 bits per heavy atom. The zero-order valence-electron chi connectivity index (χ0n) is 8.83. The van der Waals surface area contributed by atoms with E-state index in [2.05, 4.69) is 10.1 Å². The van der Waals surface area contributed by atoms with Gasteiger partial charge in [0.2, 0.25) is 5.91 Å². The molecule has 0 aliphatic carbocycles. The van der Waals surface area contributed by atoms with Crippen LogP contribution in [0.5, 0.6) is 0 Å². The third-order valence-corrected chi connectivity index (χ3v) is 2.18. The van der Waals surface area contributed by atoms with Crippen LogP contribution in [0.1, 0.15) is 17.3 Å². The quantitative estimate of drug-likeness (QED) is 0.611. The molecule has 0 bridgehead atoms. The zero-order chi connectivity index (χ0) is 12.3. The number of anilines is 2. The fourth-order valence-corrected chi connectivity index (χ4v) is 1.33. The molecule has 0 heterocycles. The van der Waals surface area contributed by atoms with Crippen LogP contribution in [-0.4, -0.2) is 19.0 Å². The first-order chi connectivity index (χ1) is 7.45. The molecule has 0 saturated carbocycles. The van der Waals surface area contributed by atoms with E-state index in [0.29, 0.717) is 0 Å². The topological polar surface area (TPSA) is 81.4 Å². The molecule has 86 valence electrons. The van der Waals surface area contributed by atoms with Gasteiger partial charge >= 0.3 is 5.97 Å². The number of carbonyl (C=O) groups is 2. The van der Waals surface area contributed by atoms with Crippen molar-refractivity contribution in [1.82, 2.24) is 0 Å². The highest BCUT2D eigenvalue weighted by Crippen LogP contribution is 2.27. The van der Waals surface area contributed by atoms with Crippen molar-refractivity contribution in [2.45, 2.75) is 6.92 Å². The summed E-state index contributed by atoms with van der Waals surface area (Å²) in [5.74, 6) is -0.905. The van der Waals surface area contributed by atoms with Gasteiger partial charge in [-0.25, -0.2) is 4.79 Å². The Kier molecular flexibility index (Phi) is 3.73. The van der Waals surface area contributed by atoms with Crippen LogP contribution < -0.4 is 11.1 Å². The van der Waals surface area contributed by atoms with Crippen LogP contribution in [-0.2, 0) is 9.53 Å². The lowest BCUT2D eigenvalue weighted by Gasteiger charge is -2.10. The summed E-state index contributed by atoms with van der Waals surface area (Å²) in [5.41, 5.74) is 6.25. The molecule has 0 radical (unpaired) electrons. The first kappa shape index (κ1) is 12.3. The SMILES string of the molecule is COC(=O)c1cc(N)c(Cl)cc1NC(C)=O. The van der Waals surface area contributed by atoms with Crippen molar-refractivity contribution in [3.8, 4) is 0 Å². The van der Waals surface area contributed by atoms with Crippen molar-refractivity contribution < 1.29 is 14.3 Å². The van der Waals surface area contributed by atoms with Crippen LogP contribution in [0.4, 0.5) is 11.4 Å². The van der Waals surface area contributed by atoms with Crippen LogP contribution in [0, 0.1) is 0 Å². The molecule has 3 N–H and O–H groups in total. The minimum absolute atomic E-state index is 0.166. The average molecular weight is 243 g/mol. The molecule has 0 saturated heterocycles. The minimum atomic E-state index is -0.591. The fraction of sp³-hybridized carbons (Fsp3) is 0.200. The van der Waals surface area contributed by atoms with Gasteiger partial charge in [0.1, 0.15) is 0 Å². The molecule has 1 aromatic rings. The standard InChI is InChI=1S/C10H11ClN2O3/c1-5(14)13-9-4-7(11)8(12)3-6(9)10(15)16-2/h3-4H,12H2,1-2H3,(H,13,14). The van der Waals surface area contributed by atoms with Gasteiger partial charge in [0.25, 0.3) is 0 Å². The Morgan fingerprint density at radius 2 is 2.06 bits per heavy atom. The Morgan fingerprint density at radius 3 is 2.56 bits per heavy atom. The first-order valence-corrected chi connectivity index (χ1v) is 4.78. The number of nitrogens with two attached hydrogens (primary N) is 1. The molecule has 0 spiro atoms. The number of nitrogens with one attached hydrogen (secondary N) is 1. The molecule has 0 fully saturated rings. The number of amides is 1. The molecule has 0 aromatic heterocycles. The van der Waals surface area contributed by atoms with Gasteiger partial charge < -0.3 is 15.8 Å². The normalized spacial score (nSPS) is 9.69. The van der Waals surface area contributed by atoms with Crippen LogP contribution in [0.15, 0.2) is 12.1 Å². The molecule has 1 rings (SSSR count). The van der Waals surface area contributed by atoms with Gasteiger partial charge in [-0.15, -0.1) is 0 Å². The average Bonchev–Trinajstić information content (AvgIpc) is 2.21. The maximum Gasteiger partial charge on any atom is 0.340 e. The number of nitrogen functional groups attached to an aromatic ring is 1. The molecule has 16 heavy (non-hydrogen) atoms. The summed E-state index contributed by atoms with van der Waals surface area (Å²) in [7, 11) is 1.24. The lowest BCUT2D eigenvalue weighted by molar-refractivity contribution is -0.114. The molecular weight excluding hydrogens is 232 g/mol. The van der Waals surface area contributed by atoms with Crippen molar-refractivity contribution >= 4 is 34.9 Å². The molecule has 1 amide bonds. The number of hydrogen-bond donors (Lipinski definition) is 2. The Labute approximate surface area is 97.5 Å². The Bertz CT molecular complexity index is 446. The number of rotatable bonds is 2. The monoisotopic (exact) mass is 242 g/mol. The molecule has 0 aliphatic rings. The van der Waals surface area contributed by atoms with E-state index < -0.39 is 5.97 Å². The summed E-state index contributed by atoms with van der Waals surface area (Å²) in [6.07, 6.45) is 0. The van der Waals surface area contributed by atoms with Crippen molar-refractivity contribution in [3.63, 3.8) is 0 Å². The number of benzene rings is 1. The smallest absolute Gasteiger partial charge is 0.340 e. The number of carbonyl (C=O) groups excluding carboxylic acids is 2. The fourth-order valence-electron chi connectivity index (χ4n) is 1.16. The van der Waals surface area contributed by atoms with E-state index in [9.17, 15) is 9.59 Å². The maximum absolute atomic E-state index is 11.4. The minimum Gasteiger partial charge on any atom is -0.465 e.